The fourth-order valence-electron chi connectivity index (χ4n) is 1.31. The van der Waals surface area contributed by atoms with Crippen LogP contribution >= 0.6 is 0 Å². The van der Waals surface area contributed by atoms with Crippen molar-refractivity contribution in [3.05, 3.63) is 0 Å². The summed E-state index contributed by atoms with van der Waals surface area (Å²) in [6.45, 7) is -0.204. The molecule has 1 saturated heterocycles. The molecule has 0 aromatic heterocycles. The first-order valence-electron chi connectivity index (χ1n) is 3.84. The zero-order valence-corrected chi connectivity index (χ0v) is 6.88. The Morgan fingerprint density at radius 2 is 2.17 bits per heavy atom. The van der Waals surface area contributed by atoms with Gasteiger partial charge in [0.25, 0.3) is 0 Å². The van der Waals surface area contributed by atoms with Crippen molar-refractivity contribution in [2.45, 2.75) is 31.0 Å². The van der Waals surface area contributed by atoms with Crippen LogP contribution in [0.1, 0.15) is 6.42 Å². The monoisotopic (exact) mass is 178 g/mol. The fraction of sp³-hybridized carbons (Fsp3) is 1.00. The summed E-state index contributed by atoms with van der Waals surface area (Å²) in [6.07, 6.45) is -2.87. The molecule has 0 aromatic carbocycles. The third-order valence-corrected chi connectivity index (χ3v) is 1.97. The highest BCUT2D eigenvalue weighted by Gasteiger charge is 2.36. The first-order valence-corrected chi connectivity index (χ1v) is 3.84. The molecule has 1 heterocycles. The van der Waals surface area contributed by atoms with Gasteiger partial charge in [0.05, 0.1) is 18.8 Å². The van der Waals surface area contributed by atoms with E-state index in [1.807, 2.05) is 0 Å². The third kappa shape index (κ3) is 1.94. The molecule has 5 nitrogen and oxygen atoms in total. The van der Waals surface area contributed by atoms with Gasteiger partial charge >= 0.3 is 0 Å². The average Bonchev–Trinajstić information content (AvgIpc) is 2.03. The lowest BCUT2D eigenvalue weighted by Crippen LogP contribution is -2.50. The minimum absolute atomic E-state index is 0.204. The number of aliphatic hydroxyl groups is 3. The van der Waals surface area contributed by atoms with Crippen LogP contribution in [0, 0.1) is 0 Å². The molecule has 4 atom stereocenters. The average molecular weight is 178 g/mol. The minimum Gasteiger partial charge on any atom is -0.394 e. The molecular weight excluding hydrogens is 164 g/mol. The summed E-state index contributed by atoms with van der Waals surface area (Å²) in [4.78, 5) is 0. The van der Waals surface area contributed by atoms with Crippen LogP contribution in [-0.4, -0.2) is 53.6 Å². The Hall–Kier alpha value is -0.200. The smallest absolute Gasteiger partial charge is 0.184 e. The van der Waals surface area contributed by atoms with Crippen molar-refractivity contribution in [3.8, 4) is 0 Å². The van der Waals surface area contributed by atoms with Crippen LogP contribution in [0.2, 0.25) is 0 Å². The number of aliphatic hydroxyl groups excluding tert-OH is 3. The van der Waals surface area contributed by atoms with Gasteiger partial charge in [0.15, 0.2) is 6.29 Å². The first-order chi connectivity index (χ1) is 5.69. The van der Waals surface area contributed by atoms with E-state index < -0.39 is 24.6 Å². The molecule has 1 fully saturated rings. The van der Waals surface area contributed by atoms with E-state index in [1.165, 1.54) is 7.11 Å². The van der Waals surface area contributed by atoms with Gasteiger partial charge in [0, 0.05) is 13.5 Å². The minimum atomic E-state index is -1.16. The molecule has 0 aliphatic carbocycles. The maximum atomic E-state index is 9.36. The number of rotatable bonds is 2. The second kappa shape index (κ2) is 4.15. The molecule has 0 aromatic rings. The van der Waals surface area contributed by atoms with E-state index in [1.54, 1.807) is 0 Å². The van der Waals surface area contributed by atoms with E-state index in [-0.39, 0.29) is 13.0 Å². The Kier molecular flexibility index (Phi) is 3.42. The van der Waals surface area contributed by atoms with Gasteiger partial charge in [0.1, 0.15) is 6.10 Å². The first kappa shape index (κ1) is 9.88. The second-order valence-electron chi connectivity index (χ2n) is 2.83. The maximum Gasteiger partial charge on any atom is 0.184 e. The number of hydrogen-bond acceptors (Lipinski definition) is 5. The molecule has 1 aliphatic rings. The van der Waals surface area contributed by atoms with Gasteiger partial charge in [-0.3, -0.25) is 0 Å². The predicted octanol–water partition coefficient (Wildman–Crippen LogP) is -1.54. The van der Waals surface area contributed by atoms with Crippen LogP contribution in [0.5, 0.6) is 0 Å². The third-order valence-electron chi connectivity index (χ3n) is 1.97. The van der Waals surface area contributed by atoms with Crippen LogP contribution < -0.4 is 0 Å². The van der Waals surface area contributed by atoms with Crippen molar-refractivity contribution in [2.24, 2.45) is 0 Å². The largest absolute Gasteiger partial charge is 0.394 e. The van der Waals surface area contributed by atoms with Gasteiger partial charge in [-0.1, -0.05) is 0 Å². The molecule has 72 valence electrons. The van der Waals surface area contributed by atoms with E-state index in [9.17, 15) is 10.2 Å². The highest BCUT2D eigenvalue weighted by Crippen LogP contribution is 2.20. The summed E-state index contributed by atoms with van der Waals surface area (Å²) in [5.41, 5.74) is 0. The van der Waals surface area contributed by atoms with Crippen LogP contribution in [0.4, 0.5) is 0 Å². The van der Waals surface area contributed by atoms with E-state index in [2.05, 4.69) is 0 Å². The normalized spacial score (nSPS) is 43.0. The van der Waals surface area contributed by atoms with Crippen molar-refractivity contribution in [1.82, 2.24) is 0 Å². The Balaban J connectivity index is 2.51. The van der Waals surface area contributed by atoms with Crippen molar-refractivity contribution >= 4 is 0 Å². The summed E-state index contributed by atoms with van der Waals surface area (Å²) >= 11 is 0. The zero-order chi connectivity index (χ0) is 9.14. The summed E-state index contributed by atoms with van der Waals surface area (Å²) in [5.74, 6) is 0. The van der Waals surface area contributed by atoms with E-state index >= 15 is 0 Å². The number of ether oxygens (including phenoxy) is 2. The predicted molar refractivity (Wildman–Crippen MR) is 39.4 cm³/mol. The molecule has 0 radical (unpaired) electrons. The summed E-state index contributed by atoms with van der Waals surface area (Å²) < 4.78 is 9.73. The highest BCUT2D eigenvalue weighted by atomic mass is 16.6. The topological polar surface area (TPSA) is 79.2 Å². The lowest BCUT2D eigenvalue weighted by atomic mass is 10.0. The molecule has 12 heavy (non-hydrogen) atoms. The van der Waals surface area contributed by atoms with Gasteiger partial charge in [-0.25, -0.2) is 0 Å². The molecule has 5 heteroatoms. The van der Waals surface area contributed by atoms with E-state index in [0.29, 0.717) is 0 Å². The molecule has 1 aliphatic heterocycles. The number of methoxy groups -OCH3 is 1. The van der Waals surface area contributed by atoms with E-state index in [4.69, 9.17) is 14.6 Å². The molecule has 3 N–H and O–H groups in total. The molecule has 0 spiro atoms. The molecule has 1 rings (SSSR count). The summed E-state index contributed by atoms with van der Waals surface area (Å²) in [5, 5.41) is 27.3. The quantitative estimate of drug-likeness (QED) is 0.477. The SMILES string of the molecule is CO[C@H]1C(O)O[C@H](CO)C[C@@H]1O. The van der Waals surface area contributed by atoms with Crippen LogP contribution in [0.15, 0.2) is 0 Å². The van der Waals surface area contributed by atoms with Crippen LogP contribution in [-0.2, 0) is 9.47 Å². The van der Waals surface area contributed by atoms with Crippen molar-refractivity contribution in [2.75, 3.05) is 13.7 Å². The van der Waals surface area contributed by atoms with Crippen molar-refractivity contribution in [1.29, 1.82) is 0 Å². The Morgan fingerprint density at radius 3 is 2.58 bits per heavy atom. The van der Waals surface area contributed by atoms with Gasteiger partial charge in [-0.2, -0.15) is 0 Å². The van der Waals surface area contributed by atoms with Crippen LogP contribution in [0.25, 0.3) is 0 Å². The van der Waals surface area contributed by atoms with Crippen LogP contribution in [0.3, 0.4) is 0 Å². The molecule has 1 unspecified atom stereocenters. The zero-order valence-electron chi connectivity index (χ0n) is 6.88. The standard InChI is InChI=1S/C7H14O5/c1-11-6-5(9)2-4(3-8)12-7(6)10/h4-10H,2-3H2,1H3/t4-,5-,6+,7?/m0/s1. The van der Waals surface area contributed by atoms with Gasteiger partial charge in [-0.15, -0.1) is 0 Å². The second-order valence-corrected chi connectivity index (χ2v) is 2.83. The summed E-state index contributed by atoms with van der Waals surface area (Å²) in [6, 6.07) is 0. The molecule has 0 amide bonds. The number of hydrogen-bond donors (Lipinski definition) is 3. The van der Waals surface area contributed by atoms with Crippen molar-refractivity contribution < 1.29 is 24.8 Å². The lowest BCUT2D eigenvalue weighted by molar-refractivity contribution is -0.258. The lowest BCUT2D eigenvalue weighted by Gasteiger charge is -2.35. The molecule has 0 bridgehead atoms. The van der Waals surface area contributed by atoms with Gasteiger partial charge in [-0.05, 0) is 0 Å². The van der Waals surface area contributed by atoms with E-state index in [0.717, 1.165) is 0 Å². The Labute approximate surface area is 70.5 Å². The maximum absolute atomic E-state index is 9.36. The van der Waals surface area contributed by atoms with Crippen molar-refractivity contribution in [3.63, 3.8) is 0 Å². The fourth-order valence-corrected chi connectivity index (χ4v) is 1.31. The molecule has 0 saturated carbocycles. The van der Waals surface area contributed by atoms with Gasteiger partial charge < -0.3 is 24.8 Å². The highest BCUT2D eigenvalue weighted by molar-refractivity contribution is 4.80. The van der Waals surface area contributed by atoms with Gasteiger partial charge in [0.2, 0.25) is 0 Å². The summed E-state index contributed by atoms with van der Waals surface area (Å²) in [7, 11) is 1.39. The molecular formula is C7H14O5. The Bertz CT molecular complexity index is 128. The Morgan fingerprint density at radius 1 is 1.50 bits per heavy atom.